The lowest BCUT2D eigenvalue weighted by Gasteiger charge is -2.37. The summed E-state index contributed by atoms with van der Waals surface area (Å²) in [5, 5.41) is 18.9. The molecule has 0 amide bonds. The Morgan fingerprint density at radius 2 is 1.65 bits per heavy atom. The fourth-order valence-electron chi connectivity index (χ4n) is 5.04. The van der Waals surface area contributed by atoms with Gasteiger partial charge in [-0.25, -0.2) is 4.39 Å². The summed E-state index contributed by atoms with van der Waals surface area (Å²) in [7, 11) is 0. The van der Waals surface area contributed by atoms with Crippen LogP contribution in [0.3, 0.4) is 0 Å². The van der Waals surface area contributed by atoms with Crippen LogP contribution in [0.1, 0.15) is 74.4 Å². The number of fused-ring (bicyclic) bond motifs is 1. The molecule has 0 aromatic heterocycles. The smallest absolute Gasteiger partial charge is 0.324 e. The van der Waals surface area contributed by atoms with E-state index in [2.05, 4.69) is 0 Å². The van der Waals surface area contributed by atoms with Gasteiger partial charge in [0.1, 0.15) is 22.4 Å². The van der Waals surface area contributed by atoms with Gasteiger partial charge in [0.25, 0.3) is 0 Å². The highest BCUT2D eigenvalue weighted by Gasteiger charge is 2.52. The van der Waals surface area contributed by atoms with Crippen LogP contribution in [0, 0.1) is 11.7 Å². The van der Waals surface area contributed by atoms with Crippen molar-refractivity contribution >= 4 is 23.7 Å². The van der Waals surface area contributed by atoms with E-state index in [-0.39, 0.29) is 17.5 Å². The summed E-state index contributed by atoms with van der Waals surface area (Å²) >= 11 is 0. The Morgan fingerprint density at radius 1 is 1.00 bits per heavy atom. The summed E-state index contributed by atoms with van der Waals surface area (Å²) in [4.78, 5) is 47.1. The number of Topliss-reactive ketones (excluding diaryl/α,β-unsaturated/α-hetero) is 1. The molecular formula is C28H32FNO7. The Hall–Kier alpha value is -3.59. The van der Waals surface area contributed by atoms with Crippen molar-refractivity contribution in [2.24, 2.45) is 11.7 Å². The van der Waals surface area contributed by atoms with Crippen molar-refractivity contribution in [1.29, 1.82) is 0 Å². The minimum absolute atomic E-state index is 0.0984. The topological polar surface area (TPSA) is 144 Å². The first kappa shape index (κ1) is 28.0. The zero-order chi connectivity index (χ0) is 27.6. The lowest BCUT2D eigenvalue weighted by Crippen LogP contribution is -2.58. The van der Waals surface area contributed by atoms with Crippen molar-refractivity contribution in [3.05, 3.63) is 71.0 Å². The number of benzene rings is 2. The Labute approximate surface area is 214 Å². The van der Waals surface area contributed by atoms with Crippen molar-refractivity contribution in [2.45, 2.75) is 69.4 Å². The molecule has 2 aromatic rings. The van der Waals surface area contributed by atoms with Gasteiger partial charge in [-0.2, -0.15) is 0 Å². The number of carboxylic acid groups (broad SMARTS) is 2. The molecule has 2 aliphatic rings. The van der Waals surface area contributed by atoms with Crippen LogP contribution < -0.4 is 5.73 Å². The molecule has 8 nitrogen and oxygen atoms in total. The maximum Gasteiger partial charge on any atom is 0.324 e. The first-order valence-electron chi connectivity index (χ1n) is 12.1. The van der Waals surface area contributed by atoms with E-state index in [0.29, 0.717) is 18.4 Å². The summed E-state index contributed by atoms with van der Waals surface area (Å²) in [5.41, 5.74) is 2.92. The molecule has 0 radical (unpaired) electrons. The van der Waals surface area contributed by atoms with Gasteiger partial charge in [-0.3, -0.25) is 19.2 Å². The van der Waals surface area contributed by atoms with Gasteiger partial charge in [0.05, 0.1) is 11.5 Å². The number of ketones is 1. The largest absolute Gasteiger partial charge is 0.480 e. The molecule has 4 rings (SSSR count). The first-order chi connectivity index (χ1) is 17.2. The van der Waals surface area contributed by atoms with Crippen molar-refractivity contribution in [2.75, 3.05) is 0 Å². The zero-order valence-electron chi connectivity index (χ0n) is 21.1. The van der Waals surface area contributed by atoms with Crippen LogP contribution in [0.25, 0.3) is 0 Å². The van der Waals surface area contributed by atoms with Crippen molar-refractivity contribution in [3.8, 4) is 0 Å². The second-order valence-electron chi connectivity index (χ2n) is 10.5. The normalized spacial score (nSPS) is 24.9. The summed E-state index contributed by atoms with van der Waals surface area (Å²) < 4.78 is 19.1. The van der Waals surface area contributed by atoms with E-state index in [0.717, 1.165) is 12.8 Å². The molecule has 1 saturated carbocycles. The highest BCUT2D eigenvalue weighted by atomic mass is 19.1. The van der Waals surface area contributed by atoms with Crippen LogP contribution in [0.15, 0.2) is 48.5 Å². The zero-order valence-corrected chi connectivity index (χ0v) is 21.1. The average molecular weight is 514 g/mol. The molecule has 1 fully saturated rings. The van der Waals surface area contributed by atoms with Gasteiger partial charge in [0.15, 0.2) is 5.78 Å². The van der Waals surface area contributed by atoms with Crippen LogP contribution in [-0.4, -0.2) is 45.0 Å². The minimum atomic E-state index is -1.49. The molecule has 3 unspecified atom stereocenters. The van der Waals surface area contributed by atoms with E-state index in [1.165, 1.54) is 18.2 Å². The number of hydrogen-bond acceptors (Lipinski definition) is 6. The van der Waals surface area contributed by atoms with Gasteiger partial charge in [-0.1, -0.05) is 55.3 Å². The van der Waals surface area contributed by atoms with Crippen LogP contribution in [-0.2, 0) is 24.5 Å². The van der Waals surface area contributed by atoms with Gasteiger partial charge in [-0.15, -0.1) is 0 Å². The number of carboxylic acids is 2. The van der Waals surface area contributed by atoms with E-state index in [4.69, 9.17) is 10.5 Å². The molecule has 0 saturated heterocycles. The Kier molecular flexibility index (Phi) is 7.88. The van der Waals surface area contributed by atoms with Crippen LogP contribution >= 0.6 is 0 Å². The monoisotopic (exact) mass is 513 g/mol. The van der Waals surface area contributed by atoms with Crippen LogP contribution in [0.4, 0.5) is 4.39 Å². The Balaban J connectivity index is 0.000000209. The van der Waals surface area contributed by atoms with E-state index >= 15 is 0 Å². The average Bonchev–Trinajstić information content (AvgIpc) is 3.14. The third-order valence-corrected chi connectivity index (χ3v) is 6.85. The van der Waals surface area contributed by atoms with Gasteiger partial charge in [-0.05, 0) is 50.8 Å². The van der Waals surface area contributed by atoms with E-state index < -0.39 is 52.0 Å². The van der Waals surface area contributed by atoms with Crippen LogP contribution in [0.2, 0.25) is 0 Å². The molecule has 2 aliphatic carbocycles. The Bertz CT molecular complexity index is 1210. The molecule has 0 bridgehead atoms. The second-order valence-corrected chi connectivity index (χ2v) is 10.5. The van der Waals surface area contributed by atoms with Crippen molar-refractivity contribution < 1.29 is 38.5 Å². The van der Waals surface area contributed by atoms with Crippen molar-refractivity contribution in [1.82, 2.24) is 0 Å². The number of carbonyl (C=O) groups excluding carboxylic acids is 2. The van der Waals surface area contributed by atoms with Gasteiger partial charge in [0.2, 0.25) is 0 Å². The quantitative estimate of drug-likeness (QED) is 0.519. The fourth-order valence-corrected chi connectivity index (χ4v) is 5.04. The number of aliphatic carboxylic acids is 2. The van der Waals surface area contributed by atoms with Crippen LogP contribution in [0.5, 0.6) is 0 Å². The van der Waals surface area contributed by atoms with E-state index in [1.807, 2.05) is 0 Å². The molecular weight excluding hydrogens is 481 g/mol. The standard InChI is InChI=1S/C16H11FO3.C12H21NO4/c17-12-8-4-7-11-14(12)13(18)9-16(11,15(19)20)10-5-2-1-3-6-10;1-11(2,3)17-9(14)8-6-4-5-7-12(8,13)10(15)16/h1-8H,9H2,(H,19,20);8H,4-7,13H2,1-3H3,(H,15,16). The molecule has 0 aliphatic heterocycles. The van der Waals surface area contributed by atoms with E-state index in [1.54, 1.807) is 51.1 Å². The van der Waals surface area contributed by atoms with E-state index in [9.17, 15) is 33.8 Å². The predicted octanol–water partition coefficient (Wildman–Crippen LogP) is 4.08. The highest BCUT2D eigenvalue weighted by molar-refractivity contribution is 6.09. The van der Waals surface area contributed by atoms with Crippen molar-refractivity contribution in [3.63, 3.8) is 0 Å². The van der Waals surface area contributed by atoms with Gasteiger partial charge >= 0.3 is 17.9 Å². The summed E-state index contributed by atoms with van der Waals surface area (Å²) in [6, 6.07) is 12.6. The van der Waals surface area contributed by atoms with Gasteiger partial charge in [0, 0.05) is 6.42 Å². The number of carbonyl (C=O) groups is 4. The lowest BCUT2D eigenvalue weighted by atomic mass is 9.73. The number of halogens is 1. The lowest BCUT2D eigenvalue weighted by molar-refractivity contribution is -0.169. The Morgan fingerprint density at radius 3 is 2.22 bits per heavy atom. The number of esters is 1. The number of hydrogen-bond donors (Lipinski definition) is 3. The molecule has 198 valence electrons. The predicted molar refractivity (Wildman–Crippen MR) is 133 cm³/mol. The molecule has 2 aromatic carbocycles. The fraction of sp³-hybridized carbons (Fsp3) is 0.429. The third kappa shape index (κ3) is 5.41. The molecule has 3 atom stereocenters. The summed E-state index contributed by atoms with van der Waals surface area (Å²) in [6.07, 6.45) is 2.12. The molecule has 0 spiro atoms. The highest BCUT2D eigenvalue weighted by Crippen LogP contribution is 2.45. The molecule has 4 N–H and O–H groups in total. The molecule has 37 heavy (non-hydrogen) atoms. The molecule has 9 heteroatoms. The second kappa shape index (κ2) is 10.4. The SMILES string of the molecule is CC(C)(C)OC(=O)C1CCCCC1(N)C(=O)O.O=C1CC(C(=O)O)(c2ccccc2)c2cccc(F)c21. The minimum Gasteiger partial charge on any atom is -0.480 e. The number of rotatable bonds is 4. The molecule has 0 heterocycles. The number of ether oxygens (including phenoxy) is 1. The summed E-state index contributed by atoms with van der Waals surface area (Å²) in [5.74, 6) is -4.62. The first-order valence-corrected chi connectivity index (χ1v) is 12.1. The third-order valence-electron chi connectivity index (χ3n) is 6.85. The summed E-state index contributed by atoms with van der Waals surface area (Å²) in [6.45, 7) is 5.27. The number of nitrogens with two attached hydrogens (primary N) is 1. The maximum absolute atomic E-state index is 13.8. The van der Waals surface area contributed by atoms with Gasteiger partial charge < -0.3 is 20.7 Å². The maximum atomic E-state index is 13.8.